The third-order valence-corrected chi connectivity index (χ3v) is 2.82. The summed E-state index contributed by atoms with van der Waals surface area (Å²) in [6.45, 7) is 2.88. The molecule has 14 heavy (non-hydrogen) atoms. The number of hydrogen-bond acceptors (Lipinski definition) is 2. The van der Waals surface area contributed by atoms with Crippen LogP contribution in [0.25, 0.3) is 0 Å². The first-order valence-electron chi connectivity index (χ1n) is 5.96. The summed E-state index contributed by atoms with van der Waals surface area (Å²) in [5, 5.41) is 0. The van der Waals surface area contributed by atoms with Crippen molar-refractivity contribution in [1.29, 1.82) is 0 Å². The van der Waals surface area contributed by atoms with Gasteiger partial charge < -0.3 is 4.74 Å². The molecule has 0 N–H and O–H groups in total. The molecule has 0 radical (unpaired) electrons. The molecule has 2 nitrogen and oxygen atoms in total. The number of carbonyl (C=O) groups excluding carboxylic acids is 1. The minimum atomic E-state index is 0.234. The van der Waals surface area contributed by atoms with Crippen LogP contribution in [0.5, 0.6) is 0 Å². The molecule has 1 fully saturated rings. The van der Waals surface area contributed by atoms with Crippen molar-refractivity contribution in [3.8, 4) is 0 Å². The second kappa shape index (κ2) is 6.99. The van der Waals surface area contributed by atoms with Gasteiger partial charge in [-0.1, -0.05) is 39.0 Å². The third-order valence-electron chi connectivity index (χ3n) is 2.82. The molecule has 1 aliphatic rings. The van der Waals surface area contributed by atoms with Gasteiger partial charge in [-0.2, -0.15) is 0 Å². The summed E-state index contributed by atoms with van der Waals surface area (Å²) in [5.41, 5.74) is 0. The van der Waals surface area contributed by atoms with Gasteiger partial charge in [-0.3, -0.25) is 4.79 Å². The number of ketones is 1. The van der Waals surface area contributed by atoms with Gasteiger partial charge in [0.1, 0.15) is 5.78 Å². The van der Waals surface area contributed by atoms with Gasteiger partial charge in [-0.15, -0.1) is 0 Å². The van der Waals surface area contributed by atoms with Crippen molar-refractivity contribution >= 4 is 5.78 Å². The highest BCUT2D eigenvalue weighted by Crippen LogP contribution is 2.16. The average molecular weight is 198 g/mol. The summed E-state index contributed by atoms with van der Waals surface area (Å²) in [6, 6.07) is 0. The summed E-state index contributed by atoms with van der Waals surface area (Å²) in [5.74, 6) is 0.384. The number of unbranched alkanes of at least 4 members (excludes halogenated alkanes) is 4. The molecule has 0 bridgehead atoms. The second-order valence-corrected chi connectivity index (χ2v) is 4.19. The van der Waals surface area contributed by atoms with E-state index in [1.165, 1.54) is 32.1 Å². The summed E-state index contributed by atoms with van der Waals surface area (Å²) in [6.07, 6.45) is 9.08. The van der Waals surface area contributed by atoms with E-state index in [0.717, 1.165) is 6.42 Å². The van der Waals surface area contributed by atoms with Gasteiger partial charge in [0.05, 0.1) is 12.7 Å². The maximum absolute atomic E-state index is 11.1. The maximum Gasteiger partial charge on any atom is 0.137 e. The van der Waals surface area contributed by atoms with E-state index in [4.69, 9.17) is 4.74 Å². The minimum Gasteiger partial charge on any atom is -0.377 e. The molecule has 0 spiro atoms. The Morgan fingerprint density at radius 1 is 1.29 bits per heavy atom. The number of Topliss-reactive ketones (excluding diaryl/α,β-unsaturated/α-hetero) is 1. The lowest BCUT2D eigenvalue weighted by atomic mass is 10.0. The van der Waals surface area contributed by atoms with E-state index in [1.54, 1.807) is 0 Å². The highest BCUT2D eigenvalue weighted by Gasteiger charge is 2.18. The average Bonchev–Trinajstić information content (AvgIpc) is 2.18. The number of ether oxygens (including phenoxy) is 1. The fourth-order valence-electron chi connectivity index (χ4n) is 1.92. The van der Waals surface area contributed by atoms with Gasteiger partial charge in [-0.25, -0.2) is 0 Å². The Hall–Kier alpha value is -0.370. The monoisotopic (exact) mass is 198 g/mol. The Morgan fingerprint density at radius 3 is 2.79 bits per heavy atom. The van der Waals surface area contributed by atoms with Crippen molar-refractivity contribution in [3.05, 3.63) is 0 Å². The van der Waals surface area contributed by atoms with Gasteiger partial charge in [0, 0.05) is 12.8 Å². The predicted molar refractivity (Wildman–Crippen MR) is 57.4 cm³/mol. The highest BCUT2D eigenvalue weighted by molar-refractivity contribution is 5.79. The van der Waals surface area contributed by atoms with Crippen LogP contribution in [0.1, 0.15) is 58.3 Å². The topological polar surface area (TPSA) is 26.3 Å². The lowest BCUT2D eigenvalue weighted by molar-refractivity contribution is -0.128. The van der Waals surface area contributed by atoms with Gasteiger partial charge in [0.25, 0.3) is 0 Å². The van der Waals surface area contributed by atoms with E-state index < -0.39 is 0 Å². The molecule has 0 aromatic rings. The van der Waals surface area contributed by atoms with Crippen molar-refractivity contribution in [2.45, 2.75) is 64.4 Å². The molecule has 0 amide bonds. The quantitative estimate of drug-likeness (QED) is 0.613. The van der Waals surface area contributed by atoms with Crippen LogP contribution in [-0.4, -0.2) is 18.5 Å². The molecule has 1 heterocycles. The predicted octanol–water partition coefficient (Wildman–Crippen LogP) is 3.10. The zero-order valence-electron chi connectivity index (χ0n) is 9.26. The SMILES string of the molecule is CCCCCCCC1CC(=O)CCO1. The van der Waals surface area contributed by atoms with E-state index >= 15 is 0 Å². The summed E-state index contributed by atoms with van der Waals surface area (Å²) < 4.78 is 5.53. The molecular weight excluding hydrogens is 176 g/mol. The highest BCUT2D eigenvalue weighted by atomic mass is 16.5. The van der Waals surface area contributed by atoms with Gasteiger partial charge >= 0.3 is 0 Å². The molecular formula is C12H22O2. The van der Waals surface area contributed by atoms with Gasteiger partial charge in [0.15, 0.2) is 0 Å². The van der Waals surface area contributed by atoms with Crippen LogP contribution < -0.4 is 0 Å². The molecule has 1 saturated heterocycles. The fraction of sp³-hybridized carbons (Fsp3) is 0.917. The van der Waals surface area contributed by atoms with Crippen LogP contribution in [0.4, 0.5) is 0 Å². The maximum atomic E-state index is 11.1. The zero-order valence-corrected chi connectivity index (χ0v) is 9.26. The molecule has 0 aromatic carbocycles. The van der Waals surface area contributed by atoms with E-state index in [1.807, 2.05) is 0 Å². The fourth-order valence-corrected chi connectivity index (χ4v) is 1.92. The first-order chi connectivity index (χ1) is 6.83. The van der Waals surface area contributed by atoms with Crippen molar-refractivity contribution in [1.82, 2.24) is 0 Å². The smallest absolute Gasteiger partial charge is 0.137 e. The van der Waals surface area contributed by atoms with E-state index in [-0.39, 0.29) is 6.10 Å². The van der Waals surface area contributed by atoms with Crippen molar-refractivity contribution in [2.24, 2.45) is 0 Å². The molecule has 2 heteroatoms. The summed E-state index contributed by atoms with van der Waals surface area (Å²) in [7, 11) is 0. The van der Waals surface area contributed by atoms with E-state index in [0.29, 0.717) is 25.2 Å². The lowest BCUT2D eigenvalue weighted by Crippen LogP contribution is -2.25. The molecule has 0 aromatic heterocycles. The summed E-state index contributed by atoms with van der Waals surface area (Å²) >= 11 is 0. The van der Waals surface area contributed by atoms with Crippen LogP contribution in [0, 0.1) is 0 Å². The standard InChI is InChI=1S/C12H22O2/c1-2-3-4-5-6-7-12-10-11(13)8-9-14-12/h12H,2-10H2,1H3. The minimum absolute atomic E-state index is 0.234. The van der Waals surface area contributed by atoms with E-state index in [9.17, 15) is 4.79 Å². The molecule has 1 rings (SSSR count). The van der Waals surface area contributed by atoms with Crippen LogP contribution in [0.15, 0.2) is 0 Å². The van der Waals surface area contributed by atoms with Crippen LogP contribution in [0.2, 0.25) is 0 Å². The molecule has 0 saturated carbocycles. The first kappa shape index (κ1) is 11.7. The molecule has 1 atom stereocenters. The number of hydrogen-bond donors (Lipinski definition) is 0. The third kappa shape index (κ3) is 4.75. The van der Waals surface area contributed by atoms with Crippen LogP contribution in [-0.2, 0) is 9.53 Å². The Kier molecular flexibility index (Phi) is 5.85. The number of carbonyl (C=O) groups is 1. The Balaban J connectivity index is 1.97. The van der Waals surface area contributed by atoms with Gasteiger partial charge in [0.2, 0.25) is 0 Å². The molecule has 0 aliphatic carbocycles. The van der Waals surface area contributed by atoms with Crippen molar-refractivity contribution in [3.63, 3.8) is 0 Å². The molecule has 1 aliphatic heterocycles. The van der Waals surface area contributed by atoms with Crippen molar-refractivity contribution < 1.29 is 9.53 Å². The van der Waals surface area contributed by atoms with Crippen LogP contribution in [0.3, 0.4) is 0 Å². The largest absolute Gasteiger partial charge is 0.377 e. The normalized spacial score (nSPS) is 22.6. The Bertz CT molecular complexity index is 166. The Morgan fingerprint density at radius 2 is 2.07 bits per heavy atom. The Labute approximate surface area is 87.0 Å². The molecule has 82 valence electrons. The molecule has 1 unspecified atom stereocenters. The van der Waals surface area contributed by atoms with Gasteiger partial charge in [-0.05, 0) is 6.42 Å². The lowest BCUT2D eigenvalue weighted by Gasteiger charge is -2.21. The first-order valence-corrected chi connectivity index (χ1v) is 5.96. The summed E-state index contributed by atoms with van der Waals surface area (Å²) in [4.78, 5) is 11.1. The van der Waals surface area contributed by atoms with E-state index in [2.05, 4.69) is 6.92 Å². The second-order valence-electron chi connectivity index (χ2n) is 4.19. The van der Waals surface area contributed by atoms with Crippen LogP contribution >= 0.6 is 0 Å². The van der Waals surface area contributed by atoms with Crippen molar-refractivity contribution in [2.75, 3.05) is 6.61 Å². The zero-order chi connectivity index (χ0) is 10.2. The number of rotatable bonds is 6.